The smallest absolute Gasteiger partial charge is 0.0876 e. The first-order chi connectivity index (χ1) is 10.4. The summed E-state index contributed by atoms with van der Waals surface area (Å²) in [5.74, 6) is 0. The Hall–Kier alpha value is -0.820. The van der Waals surface area contributed by atoms with Gasteiger partial charge in [-0.05, 0) is 19.3 Å². The normalized spacial score (nSPS) is 21.4. The van der Waals surface area contributed by atoms with Gasteiger partial charge in [0, 0.05) is 0 Å². The first-order valence-corrected chi connectivity index (χ1v) is 8.96. The fourth-order valence-corrected chi connectivity index (χ4v) is 2.70. The second kappa shape index (κ2) is 12.9. The lowest BCUT2D eigenvalue weighted by Gasteiger charge is -2.00. The van der Waals surface area contributed by atoms with Crippen LogP contribution >= 0.6 is 0 Å². The van der Waals surface area contributed by atoms with Gasteiger partial charge in [0.2, 0.25) is 0 Å². The van der Waals surface area contributed by atoms with E-state index in [1.54, 1.807) is 0 Å². The number of ether oxygens (including phenoxy) is 1. The summed E-state index contributed by atoms with van der Waals surface area (Å²) in [4.78, 5) is 0. The first-order valence-electron chi connectivity index (χ1n) is 8.96. The molecule has 0 aromatic heterocycles. The average molecular weight is 290 g/mol. The van der Waals surface area contributed by atoms with Crippen LogP contribution < -0.4 is 0 Å². The molecular weight excluding hydrogens is 256 g/mol. The highest BCUT2D eigenvalue weighted by molar-refractivity contribution is 5.02. The van der Waals surface area contributed by atoms with Crippen molar-refractivity contribution in [3.8, 4) is 0 Å². The lowest BCUT2D eigenvalue weighted by Crippen LogP contribution is -1.93. The van der Waals surface area contributed by atoms with Crippen molar-refractivity contribution < 1.29 is 4.74 Å². The highest BCUT2D eigenvalue weighted by Gasteiger charge is 2.36. The maximum absolute atomic E-state index is 5.72. The third kappa shape index (κ3) is 10.5. The van der Waals surface area contributed by atoms with E-state index in [1.165, 1.54) is 57.8 Å². The second-order valence-electron chi connectivity index (χ2n) is 6.08. The minimum absolute atomic E-state index is 0.509. The summed E-state index contributed by atoms with van der Waals surface area (Å²) in [6.45, 7) is 5.93. The summed E-state index contributed by atoms with van der Waals surface area (Å²) in [5.41, 5.74) is 0. The second-order valence-corrected chi connectivity index (χ2v) is 6.08. The molecule has 1 saturated heterocycles. The van der Waals surface area contributed by atoms with Crippen molar-refractivity contribution in [1.29, 1.82) is 0 Å². The quantitative estimate of drug-likeness (QED) is 0.157. The molecule has 2 atom stereocenters. The van der Waals surface area contributed by atoms with Crippen LogP contribution in [0.2, 0.25) is 0 Å². The Balaban J connectivity index is 1.84. The molecule has 0 unspecified atom stereocenters. The Morgan fingerprint density at radius 2 is 1.57 bits per heavy atom. The van der Waals surface area contributed by atoms with Crippen LogP contribution in [-0.2, 0) is 4.74 Å². The first kappa shape index (κ1) is 18.2. The molecule has 0 amide bonds. The number of hydrogen-bond acceptors (Lipinski definition) is 1. The van der Waals surface area contributed by atoms with E-state index in [4.69, 9.17) is 4.74 Å². The van der Waals surface area contributed by atoms with E-state index >= 15 is 0 Å². The lowest BCUT2D eigenvalue weighted by atomic mass is 10.1. The number of rotatable bonds is 14. The van der Waals surface area contributed by atoms with E-state index in [1.807, 2.05) is 12.2 Å². The van der Waals surface area contributed by atoms with Gasteiger partial charge < -0.3 is 4.74 Å². The molecule has 0 bridgehead atoms. The summed E-state index contributed by atoms with van der Waals surface area (Å²) in [6, 6.07) is 0. The number of hydrogen-bond donors (Lipinski definition) is 0. The van der Waals surface area contributed by atoms with Gasteiger partial charge in [-0.2, -0.15) is 0 Å². The van der Waals surface area contributed by atoms with E-state index in [2.05, 4.69) is 31.7 Å². The fourth-order valence-electron chi connectivity index (χ4n) is 2.70. The van der Waals surface area contributed by atoms with Gasteiger partial charge in [-0.25, -0.2) is 0 Å². The van der Waals surface area contributed by atoms with Crippen LogP contribution in [0.1, 0.15) is 77.6 Å². The molecule has 0 saturated carbocycles. The van der Waals surface area contributed by atoms with Gasteiger partial charge >= 0.3 is 0 Å². The maximum atomic E-state index is 5.72. The van der Waals surface area contributed by atoms with Crippen molar-refractivity contribution in [3.05, 3.63) is 37.0 Å². The van der Waals surface area contributed by atoms with Gasteiger partial charge in [0.05, 0.1) is 12.2 Å². The zero-order chi connectivity index (χ0) is 15.2. The van der Waals surface area contributed by atoms with Crippen molar-refractivity contribution in [2.45, 2.75) is 89.8 Å². The average Bonchev–Trinajstić information content (AvgIpc) is 3.24. The Morgan fingerprint density at radius 1 is 0.857 bits per heavy atom. The van der Waals surface area contributed by atoms with Crippen LogP contribution in [0.25, 0.3) is 0 Å². The molecule has 0 spiro atoms. The monoisotopic (exact) mass is 290 g/mol. The predicted octanol–water partition coefficient (Wildman–Crippen LogP) is 6.36. The molecule has 0 aromatic carbocycles. The Morgan fingerprint density at radius 3 is 2.29 bits per heavy atom. The zero-order valence-corrected chi connectivity index (χ0v) is 13.9. The van der Waals surface area contributed by atoms with Crippen LogP contribution in [0.15, 0.2) is 37.0 Å². The predicted molar refractivity (Wildman–Crippen MR) is 93.6 cm³/mol. The molecule has 1 fully saturated rings. The zero-order valence-electron chi connectivity index (χ0n) is 13.9. The minimum Gasteiger partial charge on any atom is -0.369 e. The summed E-state index contributed by atoms with van der Waals surface area (Å²) in [5, 5.41) is 0. The third-order valence-electron chi connectivity index (χ3n) is 4.11. The number of allylic oxidation sites excluding steroid dienone is 4. The van der Waals surface area contributed by atoms with Gasteiger partial charge in [-0.3, -0.25) is 0 Å². The van der Waals surface area contributed by atoms with Gasteiger partial charge in [0.15, 0.2) is 0 Å². The molecule has 1 aliphatic heterocycles. The van der Waals surface area contributed by atoms with Gasteiger partial charge in [-0.1, -0.05) is 95.2 Å². The van der Waals surface area contributed by atoms with E-state index in [0.717, 1.165) is 12.8 Å². The number of unbranched alkanes of at least 4 members (excludes halogenated alkanes) is 7. The Bertz CT molecular complexity index is 303. The largest absolute Gasteiger partial charge is 0.369 e. The van der Waals surface area contributed by atoms with E-state index in [0.29, 0.717) is 12.2 Å². The molecule has 1 aliphatic rings. The molecular formula is C20H34O. The van der Waals surface area contributed by atoms with Crippen LogP contribution in [0, 0.1) is 0 Å². The summed E-state index contributed by atoms with van der Waals surface area (Å²) in [6.07, 6.45) is 26.0. The molecule has 0 N–H and O–H groups in total. The lowest BCUT2D eigenvalue weighted by molar-refractivity contribution is 0.358. The van der Waals surface area contributed by atoms with Crippen molar-refractivity contribution in [3.63, 3.8) is 0 Å². The summed E-state index contributed by atoms with van der Waals surface area (Å²) in [7, 11) is 0. The highest BCUT2D eigenvalue weighted by Crippen LogP contribution is 2.30. The van der Waals surface area contributed by atoms with Crippen molar-refractivity contribution in [2.24, 2.45) is 0 Å². The maximum Gasteiger partial charge on any atom is 0.0876 e. The van der Waals surface area contributed by atoms with Crippen LogP contribution in [0.5, 0.6) is 0 Å². The number of epoxide rings is 1. The van der Waals surface area contributed by atoms with Crippen molar-refractivity contribution in [2.75, 3.05) is 0 Å². The molecule has 1 rings (SSSR count). The van der Waals surface area contributed by atoms with Crippen LogP contribution in [0.4, 0.5) is 0 Å². The molecule has 0 radical (unpaired) electrons. The molecule has 21 heavy (non-hydrogen) atoms. The topological polar surface area (TPSA) is 12.5 Å². The molecule has 120 valence electrons. The van der Waals surface area contributed by atoms with E-state index in [9.17, 15) is 0 Å². The molecule has 1 nitrogen and oxygen atoms in total. The van der Waals surface area contributed by atoms with Crippen molar-refractivity contribution in [1.82, 2.24) is 0 Å². The fraction of sp³-hybridized carbons (Fsp3) is 0.700. The summed E-state index contributed by atoms with van der Waals surface area (Å²) < 4.78 is 5.72. The highest BCUT2D eigenvalue weighted by atomic mass is 16.6. The van der Waals surface area contributed by atoms with E-state index < -0.39 is 0 Å². The minimum atomic E-state index is 0.509. The van der Waals surface area contributed by atoms with Crippen LogP contribution in [-0.4, -0.2) is 12.2 Å². The Labute approximate surface area is 132 Å². The molecule has 0 aliphatic carbocycles. The molecule has 0 aromatic rings. The van der Waals surface area contributed by atoms with Gasteiger partial charge in [0.1, 0.15) is 0 Å². The SMILES string of the molecule is C=C/C=C/C/C=C/C[C@H]1O[C@@H]1CCCCCCCCCC. The Kier molecular flexibility index (Phi) is 11.2. The van der Waals surface area contributed by atoms with Gasteiger partial charge in [-0.15, -0.1) is 0 Å². The molecule has 1 heterocycles. The van der Waals surface area contributed by atoms with E-state index in [-0.39, 0.29) is 0 Å². The standard InChI is InChI=1S/C20H34O/c1-3-5-7-9-11-12-14-16-18-20-19(21-20)17-15-13-10-8-6-4-2/h4,6,8,13,15,19-20H,2-3,5,7,9-12,14,16-18H2,1H3/b8-6+,15-13+/t19-,20-/m1/s1. The van der Waals surface area contributed by atoms with Crippen molar-refractivity contribution >= 4 is 0 Å². The molecule has 1 heteroatoms. The third-order valence-corrected chi connectivity index (χ3v) is 4.11. The van der Waals surface area contributed by atoms with Crippen LogP contribution in [0.3, 0.4) is 0 Å². The summed E-state index contributed by atoms with van der Waals surface area (Å²) >= 11 is 0. The van der Waals surface area contributed by atoms with Gasteiger partial charge in [0.25, 0.3) is 0 Å².